The molecule has 1 atom stereocenters. The van der Waals surface area contributed by atoms with E-state index in [1.807, 2.05) is 0 Å². The Kier molecular flexibility index (Phi) is 7.63. The van der Waals surface area contributed by atoms with Gasteiger partial charge in [0.2, 0.25) is 16.1 Å². The largest absolute Gasteiger partial charge is 0.480 e. The first-order valence-electron chi connectivity index (χ1n) is 7.93. The molecule has 2 N–H and O–H groups in total. The first-order valence-corrected chi connectivity index (χ1v) is 9.69. The molecule has 0 radical (unpaired) electrons. The normalized spacial score (nSPS) is 11.6. The zero-order chi connectivity index (χ0) is 19.8. The van der Waals surface area contributed by atoms with Gasteiger partial charge in [-0.25, -0.2) is 0 Å². The van der Waals surface area contributed by atoms with Crippen molar-refractivity contribution in [1.82, 2.24) is 5.32 Å². The molecule has 0 spiro atoms. The smallest absolute Gasteiger partial charge is 0.325 e. The summed E-state index contributed by atoms with van der Waals surface area (Å²) in [7, 11) is 0. The van der Waals surface area contributed by atoms with E-state index in [4.69, 9.17) is 5.11 Å². The van der Waals surface area contributed by atoms with E-state index in [1.54, 1.807) is 60.7 Å². The van der Waals surface area contributed by atoms with Crippen LogP contribution in [-0.4, -0.2) is 37.8 Å². The number of hydrogen-bond donors (Lipinski definition) is 2. The average Bonchev–Trinajstić information content (AvgIpc) is 2.68. The number of thioether (sulfide) groups is 2. The van der Waals surface area contributed by atoms with Gasteiger partial charge in [0.05, 0.1) is 0 Å². The second-order valence-corrected chi connectivity index (χ2v) is 7.90. The molecule has 0 aliphatic heterocycles. The molecule has 0 aliphatic rings. The summed E-state index contributed by atoms with van der Waals surface area (Å²) in [6, 6.07) is 15.6. The molecule has 1 amide bonds. The summed E-state index contributed by atoms with van der Waals surface area (Å²) in [5, 5.41) is 10.5. The molecule has 140 valence electrons. The maximum Gasteiger partial charge on any atom is 0.325 e. The van der Waals surface area contributed by atoms with E-state index in [0.717, 1.165) is 0 Å². The lowest BCUT2D eigenvalue weighted by Crippen LogP contribution is -2.42. The number of aliphatic carboxylic acids is 1. The van der Waals surface area contributed by atoms with Gasteiger partial charge in [-0.1, -0.05) is 84.2 Å². The molecular formula is C19H17NO5S2. The van der Waals surface area contributed by atoms with Gasteiger partial charge in [0, 0.05) is 11.1 Å². The Bertz CT molecular complexity index is 773. The fourth-order valence-corrected chi connectivity index (χ4v) is 3.95. The van der Waals surface area contributed by atoms with Crippen LogP contribution in [0.5, 0.6) is 0 Å². The standard InChI is InChI=1S/C19H17NO5S2/c1-12(16(22)23)20-15(21)19(26-17(24)13-8-4-2-5-9-13)27-18(25)14-10-6-3-7-11-14/h2-12,19H,1H3,(H,20,21)(H,22,23)/t12-/m0/s1. The van der Waals surface area contributed by atoms with Crippen LogP contribution in [0.1, 0.15) is 27.6 Å². The predicted octanol–water partition coefficient (Wildman–Crippen LogP) is 3.05. The molecule has 0 heterocycles. The highest BCUT2D eigenvalue weighted by Crippen LogP contribution is 2.30. The van der Waals surface area contributed by atoms with Crippen molar-refractivity contribution in [3.05, 3.63) is 71.8 Å². The highest BCUT2D eigenvalue weighted by atomic mass is 32.2. The van der Waals surface area contributed by atoms with Gasteiger partial charge in [0.1, 0.15) is 10.6 Å². The van der Waals surface area contributed by atoms with E-state index in [1.165, 1.54) is 6.92 Å². The van der Waals surface area contributed by atoms with Crippen LogP contribution in [0.3, 0.4) is 0 Å². The summed E-state index contributed by atoms with van der Waals surface area (Å²) in [4.78, 5) is 48.3. The molecule has 0 saturated carbocycles. The Morgan fingerprint density at radius 3 is 1.59 bits per heavy atom. The van der Waals surface area contributed by atoms with Crippen LogP contribution >= 0.6 is 23.5 Å². The molecule has 0 aromatic heterocycles. The number of carbonyl (C=O) groups excluding carboxylic acids is 3. The summed E-state index contributed by atoms with van der Waals surface area (Å²) in [6.45, 7) is 1.31. The van der Waals surface area contributed by atoms with Crippen LogP contribution in [0.25, 0.3) is 0 Å². The number of benzene rings is 2. The van der Waals surface area contributed by atoms with Gasteiger partial charge in [-0.3, -0.25) is 19.2 Å². The first kappa shape index (κ1) is 20.7. The topological polar surface area (TPSA) is 101 Å². The Morgan fingerprint density at radius 1 is 0.815 bits per heavy atom. The molecule has 8 heteroatoms. The van der Waals surface area contributed by atoms with Crippen LogP contribution in [0.4, 0.5) is 0 Å². The zero-order valence-electron chi connectivity index (χ0n) is 14.3. The number of rotatable bonds is 7. The lowest BCUT2D eigenvalue weighted by atomic mass is 10.2. The lowest BCUT2D eigenvalue weighted by Gasteiger charge is -2.16. The van der Waals surface area contributed by atoms with Crippen LogP contribution < -0.4 is 5.32 Å². The molecule has 2 aromatic carbocycles. The van der Waals surface area contributed by atoms with Gasteiger partial charge < -0.3 is 10.4 Å². The molecule has 2 aromatic rings. The van der Waals surface area contributed by atoms with Crippen molar-refractivity contribution in [3.63, 3.8) is 0 Å². The van der Waals surface area contributed by atoms with Crippen molar-refractivity contribution >= 4 is 45.6 Å². The van der Waals surface area contributed by atoms with Crippen LogP contribution in [0.2, 0.25) is 0 Å². The minimum atomic E-state index is -1.21. The van der Waals surface area contributed by atoms with Crippen LogP contribution in [0.15, 0.2) is 60.7 Å². The number of amides is 1. The third-order valence-corrected chi connectivity index (χ3v) is 5.72. The summed E-state index contributed by atoms with van der Waals surface area (Å²) >= 11 is 1.36. The SMILES string of the molecule is C[C@H](NC(=O)C(SC(=O)c1ccccc1)SC(=O)c1ccccc1)C(=O)O. The number of nitrogens with one attached hydrogen (secondary N) is 1. The molecule has 0 unspecified atom stereocenters. The number of hydrogen-bond acceptors (Lipinski definition) is 6. The van der Waals surface area contributed by atoms with E-state index in [-0.39, 0.29) is 10.2 Å². The van der Waals surface area contributed by atoms with E-state index >= 15 is 0 Å². The van der Waals surface area contributed by atoms with E-state index in [0.29, 0.717) is 34.7 Å². The molecular weight excluding hydrogens is 386 g/mol. The van der Waals surface area contributed by atoms with Crippen molar-refractivity contribution in [3.8, 4) is 0 Å². The number of carboxylic acid groups (broad SMARTS) is 1. The summed E-state index contributed by atoms with van der Waals surface area (Å²) in [5.74, 6) is -1.91. The fourth-order valence-electron chi connectivity index (χ4n) is 1.95. The van der Waals surface area contributed by atoms with E-state index in [9.17, 15) is 19.2 Å². The molecule has 27 heavy (non-hydrogen) atoms. The predicted molar refractivity (Wildman–Crippen MR) is 106 cm³/mol. The van der Waals surface area contributed by atoms with Crippen molar-refractivity contribution in [2.24, 2.45) is 0 Å². The number of carboxylic acids is 1. The van der Waals surface area contributed by atoms with Gasteiger partial charge in [-0.15, -0.1) is 0 Å². The second kappa shape index (κ2) is 9.94. The zero-order valence-corrected chi connectivity index (χ0v) is 16.0. The van der Waals surface area contributed by atoms with Gasteiger partial charge in [-0.05, 0) is 6.92 Å². The van der Waals surface area contributed by atoms with E-state index < -0.39 is 22.5 Å². The Hall–Kier alpha value is -2.58. The average molecular weight is 403 g/mol. The maximum atomic E-state index is 12.5. The van der Waals surface area contributed by atoms with Gasteiger partial charge in [0.25, 0.3) is 0 Å². The minimum Gasteiger partial charge on any atom is -0.480 e. The molecule has 2 rings (SSSR count). The Morgan fingerprint density at radius 2 is 1.22 bits per heavy atom. The third-order valence-electron chi connectivity index (χ3n) is 3.39. The van der Waals surface area contributed by atoms with Crippen molar-refractivity contribution in [2.75, 3.05) is 0 Å². The number of carbonyl (C=O) groups is 4. The summed E-state index contributed by atoms with van der Waals surface area (Å²) < 4.78 is -1.12. The van der Waals surface area contributed by atoms with E-state index in [2.05, 4.69) is 5.32 Å². The molecule has 0 aliphatic carbocycles. The lowest BCUT2D eigenvalue weighted by molar-refractivity contribution is -0.141. The van der Waals surface area contributed by atoms with Crippen molar-refractivity contribution in [2.45, 2.75) is 17.5 Å². The quantitative estimate of drug-likeness (QED) is 0.685. The molecule has 6 nitrogen and oxygen atoms in total. The van der Waals surface area contributed by atoms with Gasteiger partial charge in [-0.2, -0.15) is 0 Å². The highest BCUT2D eigenvalue weighted by molar-refractivity contribution is 8.31. The van der Waals surface area contributed by atoms with Crippen molar-refractivity contribution in [1.29, 1.82) is 0 Å². The monoisotopic (exact) mass is 403 g/mol. The van der Waals surface area contributed by atoms with Crippen molar-refractivity contribution < 1.29 is 24.3 Å². The second-order valence-electron chi connectivity index (χ2n) is 5.44. The molecule has 0 saturated heterocycles. The Balaban J connectivity index is 2.17. The third kappa shape index (κ3) is 6.26. The van der Waals surface area contributed by atoms with Crippen LogP contribution in [-0.2, 0) is 9.59 Å². The van der Waals surface area contributed by atoms with Gasteiger partial charge >= 0.3 is 5.97 Å². The maximum absolute atomic E-state index is 12.5. The van der Waals surface area contributed by atoms with Gasteiger partial charge in [0.15, 0.2) is 0 Å². The summed E-state index contributed by atoms with van der Waals surface area (Å²) in [5.41, 5.74) is 0.777. The molecule has 0 fully saturated rings. The minimum absolute atomic E-state index is 0.382. The summed E-state index contributed by atoms with van der Waals surface area (Å²) in [6.07, 6.45) is 0. The Labute approximate surface area is 164 Å². The fraction of sp³-hybridized carbons (Fsp3) is 0.158. The van der Waals surface area contributed by atoms with Crippen LogP contribution in [0, 0.1) is 0 Å². The first-order chi connectivity index (χ1) is 12.9. The molecule has 0 bridgehead atoms. The highest BCUT2D eigenvalue weighted by Gasteiger charge is 2.29.